The molecule has 4 nitrogen and oxygen atoms in total. The third-order valence-electron chi connectivity index (χ3n) is 5.80. The quantitative estimate of drug-likeness (QED) is 0.796. The average molecular weight is 423 g/mol. The fourth-order valence-electron chi connectivity index (χ4n) is 4.26. The predicted octanol–water partition coefficient (Wildman–Crippen LogP) is 4.40. The van der Waals surface area contributed by atoms with E-state index in [1.807, 2.05) is 11.1 Å². The summed E-state index contributed by atoms with van der Waals surface area (Å²) < 4.78 is 43.8. The van der Waals surface area contributed by atoms with Crippen LogP contribution >= 0.6 is 11.6 Å². The minimum atomic E-state index is -0.868. The van der Waals surface area contributed by atoms with Crippen molar-refractivity contribution in [1.82, 2.24) is 20.0 Å². The summed E-state index contributed by atoms with van der Waals surface area (Å²) in [5.74, 6) is -2.09. The Bertz CT molecular complexity index is 965. The van der Waals surface area contributed by atoms with Gasteiger partial charge >= 0.3 is 0 Å². The van der Waals surface area contributed by atoms with Gasteiger partial charge in [0.2, 0.25) is 0 Å². The van der Waals surface area contributed by atoms with Crippen LogP contribution in [0.25, 0.3) is 5.57 Å². The van der Waals surface area contributed by atoms with Gasteiger partial charge in [-0.2, -0.15) is 5.10 Å². The maximum absolute atomic E-state index is 14.9. The number of hydrogen-bond acceptors (Lipinski definition) is 3. The van der Waals surface area contributed by atoms with Crippen LogP contribution in [0.1, 0.15) is 30.5 Å². The maximum atomic E-state index is 14.9. The van der Waals surface area contributed by atoms with Crippen LogP contribution < -0.4 is 5.32 Å². The van der Waals surface area contributed by atoms with Gasteiger partial charge in [0.1, 0.15) is 5.83 Å². The highest BCUT2D eigenvalue weighted by Gasteiger charge is 2.36. The highest BCUT2D eigenvalue weighted by atomic mass is 35.5. The van der Waals surface area contributed by atoms with Crippen molar-refractivity contribution in [3.05, 3.63) is 70.4 Å². The van der Waals surface area contributed by atoms with Gasteiger partial charge in [-0.15, -0.1) is 0 Å². The van der Waals surface area contributed by atoms with E-state index in [0.717, 1.165) is 19.0 Å². The molecule has 1 aromatic carbocycles. The van der Waals surface area contributed by atoms with Gasteiger partial charge in [-0.1, -0.05) is 17.7 Å². The molecule has 2 aliphatic heterocycles. The van der Waals surface area contributed by atoms with E-state index in [1.165, 1.54) is 18.3 Å². The van der Waals surface area contributed by atoms with Crippen LogP contribution in [0.3, 0.4) is 0 Å². The summed E-state index contributed by atoms with van der Waals surface area (Å²) in [6.45, 7) is 3.15. The van der Waals surface area contributed by atoms with Gasteiger partial charge in [-0.25, -0.2) is 13.2 Å². The number of hydrogen-bond donors (Lipinski definition) is 1. The number of nitrogens with zero attached hydrogens (tertiary/aromatic N) is 3. The highest BCUT2D eigenvalue weighted by molar-refractivity contribution is 6.32. The van der Waals surface area contributed by atoms with E-state index in [9.17, 15) is 13.2 Å². The second kappa shape index (κ2) is 7.88. The Morgan fingerprint density at radius 2 is 2.00 bits per heavy atom. The molecule has 0 bridgehead atoms. The molecule has 0 aliphatic carbocycles. The number of allylic oxidation sites excluding steroid dienone is 2. The Hall–Kier alpha value is -2.25. The second-order valence-electron chi connectivity index (χ2n) is 7.54. The van der Waals surface area contributed by atoms with Gasteiger partial charge < -0.3 is 10.2 Å². The van der Waals surface area contributed by atoms with Crippen molar-refractivity contribution in [1.29, 1.82) is 0 Å². The lowest BCUT2D eigenvalue weighted by atomic mass is 9.84. The van der Waals surface area contributed by atoms with Gasteiger partial charge in [0.15, 0.2) is 11.6 Å². The molecule has 8 heteroatoms. The van der Waals surface area contributed by atoms with Crippen molar-refractivity contribution in [3.8, 4) is 0 Å². The first-order chi connectivity index (χ1) is 13.9. The Labute approximate surface area is 172 Å². The smallest absolute Gasteiger partial charge is 0.159 e. The lowest BCUT2D eigenvalue weighted by molar-refractivity contribution is 0.162. The zero-order chi connectivity index (χ0) is 20.7. The first-order valence-corrected chi connectivity index (χ1v) is 9.94. The number of aromatic nitrogens is 2. The molecule has 0 amide bonds. The Balaban J connectivity index is 1.73. The first-order valence-electron chi connectivity index (χ1n) is 9.56. The minimum absolute atomic E-state index is 0.0702. The lowest BCUT2D eigenvalue weighted by Crippen LogP contribution is -2.52. The van der Waals surface area contributed by atoms with Crippen LogP contribution in [0.5, 0.6) is 0 Å². The van der Waals surface area contributed by atoms with Crippen LogP contribution in [0, 0.1) is 11.6 Å². The predicted molar refractivity (Wildman–Crippen MR) is 107 cm³/mol. The van der Waals surface area contributed by atoms with Crippen LogP contribution in [0.15, 0.2) is 42.5 Å². The summed E-state index contributed by atoms with van der Waals surface area (Å²) in [7, 11) is 1.75. The van der Waals surface area contributed by atoms with Crippen LogP contribution in [0.2, 0.25) is 5.02 Å². The molecule has 29 heavy (non-hydrogen) atoms. The van der Waals surface area contributed by atoms with Crippen LogP contribution in [-0.4, -0.2) is 39.9 Å². The van der Waals surface area contributed by atoms with Gasteiger partial charge in [0.05, 0.1) is 23.0 Å². The molecule has 0 spiro atoms. The third kappa shape index (κ3) is 3.69. The van der Waals surface area contributed by atoms with Crippen molar-refractivity contribution in [3.63, 3.8) is 0 Å². The van der Waals surface area contributed by atoms with Crippen molar-refractivity contribution < 1.29 is 13.2 Å². The Morgan fingerprint density at radius 1 is 1.21 bits per heavy atom. The van der Waals surface area contributed by atoms with Crippen molar-refractivity contribution >= 4 is 17.2 Å². The summed E-state index contributed by atoms with van der Waals surface area (Å²) in [5.41, 5.74) is 1.97. The molecule has 4 rings (SSSR count). The third-order valence-corrected chi connectivity index (χ3v) is 6.08. The molecule has 1 aromatic heterocycles. The number of rotatable bonds is 3. The molecule has 1 unspecified atom stereocenters. The van der Waals surface area contributed by atoms with Crippen molar-refractivity contribution in [2.24, 2.45) is 7.05 Å². The molecule has 0 saturated carbocycles. The summed E-state index contributed by atoms with van der Waals surface area (Å²) in [6, 6.07) is 3.40. The molecule has 154 valence electrons. The fourth-order valence-corrected chi connectivity index (χ4v) is 4.53. The van der Waals surface area contributed by atoms with E-state index in [4.69, 9.17) is 11.6 Å². The minimum Gasteiger partial charge on any atom is -0.363 e. The summed E-state index contributed by atoms with van der Waals surface area (Å²) in [6.07, 6.45) is 5.63. The summed E-state index contributed by atoms with van der Waals surface area (Å²) in [5, 5.41) is 7.92. The van der Waals surface area contributed by atoms with Crippen LogP contribution in [-0.2, 0) is 7.05 Å². The molecule has 2 aromatic rings. The van der Waals surface area contributed by atoms with Crippen molar-refractivity contribution in [2.75, 3.05) is 13.1 Å². The molecule has 1 fully saturated rings. The molecule has 3 heterocycles. The van der Waals surface area contributed by atoms with Crippen LogP contribution in [0.4, 0.5) is 13.2 Å². The number of nitrogens with one attached hydrogen (secondary N) is 1. The normalized spacial score (nSPS) is 25.0. The summed E-state index contributed by atoms with van der Waals surface area (Å²) in [4.78, 5) is 1.95. The molecule has 0 radical (unpaired) electrons. The molecule has 1 N–H and O–H groups in total. The fraction of sp³-hybridized carbons (Fsp3) is 0.381. The Morgan fingerprint density at radius 3 is 2.69 bits per heavy atom. The second-order valence-corrected chi connectivity index (χ2v) is 7.95. The SMILES string of the molecule is CC1C(F)=CC(c2c(Cl)cnn2C)=CN1[C@@H]1CNCC[C@H]1c1ccc(F)c(F)c1. The number of halogens is 4. The standard InChI is InChI=1S/C21H22ClF3N4/c1-12-18(24)8-14(21-16(22)9-27-28(21)2)11-29(12)20-10-26-6-5-15(20)13-3-4-17(23)19(25)7-13/h3-4,7-9,11-12,15,20,26H,5-6,10H2,1-2H3/t12?,15-,20+/m0/s1. The molecular weight excluding hydrogens is 401 g/mol. The number of piperidine rings is 1. The molecule has 2 aliphatic rings. The average Bonchev–Trinajstić information content (AvgIpc) is 3.04. The first kappa shape index (κ1) is 20.0. The zero-order valence-corrected chi connectivity index (χ0v) is 16.9. The van der Waals surface area contributed by atoms with E-state index >= 15 is 0 Å². The highest BCUT2D eigenvalue weighted by Crippen LogP contribution is 2.37. The van der Waals surface area contributed by atoms with E-state index in [2.05, 4.69) is 10.4 Å². The van der Waals surface area contributed by atoms with E-state index in [1.54, 1.807) is 24.7 Å². The van der Waals surface area contributed by atoms with Gasteiger partial charge in [0, 0.05) is 37.3 Å². The van der Waals surface area contributed by atoms with Crippen molar-refractivity contribution in [2.45, 2.75) is 31.3 Å². The maximum Gasteiger partial charge on any atom is 0.159 e. The topological polar surface area (TPSA) is 33.1 Å². The molecule has 3 atom stereocenters. The van der Waals surface area contributed by atoms with E-state index in [0.29, 0.717) is 28.4 Å². The number of benzene rings is 1. The lowest BCUT2D eigenvalue weighted by Gasteiger charge is -2.44. The molecule has 1 saturated heterocycles. The summed E-state index contributed by atoms with van der Waals surface area (Å²) >= 11 is 6.27. The van der Waals surface area contributed by atoms with Gasteiger partial charge in [-0.05, 0) is 43.7 Å². The molecular formula is C21H22ClF3N4. The van der Waals surface area contributed by atoms with Gasteiger partial charge in [-0.3, -0.25) is 4.68 Å². The Kier molecular flexibility index (Phi) is 5.44. The number of aryl methyl sites for hydroxylation is 1. The van der Waals surface area contributed by atoms with Gasteiger partial charge in [0.25, 0.3) is 0 Å². The van der Waals surface area contributed by atoms with E-state index in [-0.39, 0.29) is 17.8 Å². The largest absolute Gasteiger partial charge is 0.363 e. The zero-order valence-electron chi connectivity index (χ0n) is 16.2. The monoisotopic (exact) mass is 422 g/mol. The van der Waals surface area contributed by atoms with E-state index < -0.39 is 17.7 Å².